The molecule has 2 unspecified atom stereocenters. The van der Waals surface area contributed by atoms with Gasteiger partial charge in [0.25, 0.3) is 0 Å². The monoisotopic (exact) mass is 176 g/mol. The Balaban J connectivity index is 2.57. The highest BCUT2D eigenvalue weighted by atomic mass is 79.9. The van der Waals surface area contributed by atoms with Crippen LogP contribution in [0.4, 0.5) is 0 Å². The van der Waals surface area contributed by atoms with Crippen molar-refractivity contribution >= 4 is 21.7 Å². The summed E-state index contributed by atoms with van der Waals surface area (Å²) in [5, 5.41) is 0. The molecule has 1 rings (SSSR count). The van der Waals surface area contributed by atoms with Crippen LogP contribution in [0.2, 0.25) is 0 Å². The number of carbonyl (C=O) groups is 1. The van der Waals surface area contributed by atoms with Crippen molar-refractivity contribution in [3.63, 3.8) is 0 Å². The van der Waals surface area contributed by atoms with Gasteiger partial charge in [-0.2, -0.15) is 0 Å². The lowest BCUT2D eigenvalue weighted by molar-refractivity contribution is -0.119. The first-order valence-electron chi connectivity index (χ1n) is 2.89. The first-order chi connectivity index (χ1) is 3.72. The summed E-state index contributed by atoms with van der Waals surface area (Å²) in [5.41, 5.74) is 0. The number of carbonyl (C=O) groups excluding carboxylic acids is 1. The number of halogens is 1. The fourth-order valence-corrected chi connectivity index (χ4v) is 1.71. The molecule has 1 fully saturated rings. The zero-order chi connectivity index (χ0) is 6.15. The van der Waals surface area contributed by atoms with E-state index in [-0.39, 0.29) is 4.83 Å². The van der Waals surface area contributed by atoms with Gasteiger partial charge in [0.2, 0.25) is 0 Å². The number of hydrogen-bond acceptors (Lipinski definition) is 1. The molecule has 0 bridgehead atoms. The molecule has 0 N–H and O–H groups in total. The van der Waals surface area contributed by atoms with E-state index in [1.807, 2.05) is 6.92 Å². The average molecular weight is 177 g/mol. The summed E-state index contributed by atoms with van der Waals surface area (Å²) in [4.78, 5) is 11.0. The molecular weight excluding hydrogens is 168 g/mol. The molecule has 0 aromatic heterocycles. The molecular formula is C6H9BrO. The predicted molar refractivity (Wildman–Crippen MR) is 36.1 cm³/mol. The maximum atomic E-state index is 10.9. The third kappa shape index (κ3) is 0.943. The molecule has 0 aromatic carbocycles. The molecule has 1 nitrogen and oxygen atoms in total. The van der Waals surface area contributed by atoms with Gasteiger partial charge in [-0.1, -0.05) is 22.9 Å². The van der Waals surface area contributed by atoms with E-state index in [1.165, 1.54) is 0 Å². The Labute approximate surface area is 57.6 Å². The summed E-state index contributed by atoms with van der Waals surface area (Å²) in [5.74, 6) is 0.685. The fraction of sp³-hybridized carbons (Fsp3) is 0.833. The van der Waals surface area contributed by atoms with Gasteiger partial charge in [-0.3, -0.25) is 4.79 Å². The lowest BCUT2D eigenvalue weighted by Gasteiger charge is -1.95. The second-order valence-corrected chi connectivity index (χ2v) is 3.45. The number of hydrogen-bond donors (Lipinski definition) is 0. The van der Waals surface area contributed by atoms with Gasteiger partial charge in [0.15, 0.2) is 0 Å². The maximum absolute atomic E-state index is 10.9. The zero-order valence-corrected chi connectivity index (χ0v) is 6.44. The normalized spacial score (nSPS) is 38.5. The van der Waals surface area contributed by atoms with Gasteiger partial charge in [0.05, 0.1) is 4.83 Å². The summed E-state index contributed by atoms with van der Waals surface area (Å²) >= 11 is 3.29. The molecule has 0 radical (unpaired) electrons. The second-order valence-electron chi connectivity index (χ2n) is 2.35. The highest BCUT2D eigenvalue weighted by Gasteiger charge is 2.28. The van der Waals surface area contributed by atoms with Crippen LogP contribution in [-0.2, 0) is 4.79 Å². The molecule has 0 aliphatic heterocycles. The van der Waals surface area contributed by atoms with Gasteiger partial charge < -0.3 is 0 Å². The Hall–Kier alpha value is 0.150. The molecule has 1 aliphatic carbocycles. The second kappa shape index (κ2) is 2.18. The van der Waals surface area contributed by atoms with Crippen molar-refractivity contribution in [2.75, 3.05) is 0 Å². The minimum atomic E-state index is 0.164. The molecule has 0 heterocycles. The van der Waals surface area contributed by atoms with Crippen LogP contribution in [0.1, 0.15) is 19.8 Å². The maximum Gasteiger partial charge on any atom is 0.149 e. The third-order valence-corrected chi connectivity index (χ3v) is 2.56. The fourth-order valence-electron chi connectivity index (χ4n) is 0.990. The van der Waals surface area contributed by atoms with E-state index < -0.39 is 0 Å². The largest absolute Gasteiger partial charge is 0.298 e. The van der Waals surface area contributed by atoms with Crippen molar-refractivity contribution in [2.24, 2.45) is 5.92 Å². The van der Waals surface area contributed by atoms with E-state index in [1.54, 1.807) is 0 Å². The van der Waals surface area contributed by atoms with Crippen molar-refractivity contribution in [2.45, 2.75) is 24.6 Å². The molecule has 0 spiro atoms. The van der Waals surface area contributed by atoms with Gasteiger partial charge in [-0.05, 0) is 12.8 Å². The highest BCUT2D eigenvalue weighted by molar-refractivity contribution is 9.10. The quantitative estimate of drug-likeness (QED) is 0.515. The Kier molecular flexibility index (Phi) is 1.71. The van der Waals surface area contributed by atoms with Gasteiger partial charge >= 0.3 is 0 Å². The first kappa shape index (κ1) is 6.27. The lowest BCUT2D eigenvalue weighted by Crippen LogP contribution is -2.09. The lowest BCUT2D eigenvalue weighted by atomic mass is 10.1. The Bertz CT molecular complexity index is 99.1. The van der Waals surface area contributed by atoms with Crippen LogP contribution in [0, 0.1) is 5.92 Å². The minimum Gasteiger partial charge on any atom is -0.298 e. The standard InChI is InChI=1S/C6H9BrO/c1-4-2-3-5(7)6(4)8/h4-5H,2-3H2,1H3. The van der Waals surface area contributed by atoms with Crippen LogP contribution in [0.15, 0.2) is 0 Å². The van der Waals surface area contributed by atoms with Crippen LogP contribution in [0.3, 0.4) is 0 Å². The molecule has 46 valence electrons. The smallest absolute Gasteiger partial charge is 0.149 e. The minimum absolute atomic E-state index is 0.164. The van der Waals surface area contributed by atoms with Gasteiger partial charge in [0, 0.05) is 5.92 Å². The van der Waals surface area contributed by atoms with E-state index in [0.717, 1.165) is 12.8 Å². The number of Topliss-reactive ketones (excluding diaryl/α,β-unsaturated/α-hetero) is 1. The molecule has 0 aromatic rings. The van der Waals surface area contributed by atoms with Crippen molar-refractivity contribution < 1.29 is 4.79 Å². The van der Waals surface area contributed by atoms with Gasteiger partial charge in [-0.25, -0.2) is 0 Å². The third-order valence-electron chi connectivity index (χ3n) is 1.65. The summed E-state index contributed by atoms with van der Waals surface area (Å²) in [6.07, 6.45) is 2.09. The number of ketones is 1. The van der Waals surface area contributed by atoms with E-state index in [4.69, 9.17) is 0 Å². The van der Waals surface area contributed by atoms with Crippen LogP contribution in [-0.4, -0.2) is 10.6 Å². The summed E-state index contributed by atoms with van der Waals surface area (Å²) in [7, 11) is 0. The van der Waals surface area contributed by atoms with Gasteiger partial charge in [-0.15, -0.1) is 0 Å². The zero-order valence-electron chi connectivity index (χ0n) is 4.86. The topological polar surface area (TPSA) is 17.1 Å². The van der Waals surface area contributed by atoms with Crippen LogP contribution >= 0.6 is 15.9 Å². The molecule has 2 heteroatoms. The predicted octanol–water partition coefficient (Wildman–Crippen LogP) is 1.75. The Morgan fingerprint density at radius 2 is 2.25 bits per heavy atom. The first-order valence-corrected chi connectivity index (χ1v) is 3.81. The van der Waals surface area contributed by atoms with Crippen molar-refractivity contribution in [1.29, 1.82) is 0 Å². The Morgan fingerprint density at radius 1 is 1.62 bits per heavy atom. The van der Waals surface area contributed by atoms with Crippen LogP contribution < -0.4 is 0 Å². The highest BCUT2D eigenvalue weighted by Crippen LogP contribution is 2.26. The SMILES string of the molecule is CC1CCC(Br)C1=O. The van der Waals surface area contributed by atoms with Crippen molar-refractivity contribution in [3.8, 4) is 0 Å². The molecule has 8 heavy (non-hydrogen) atoms. The van der Waals surface area contributed by atoms with E-state index >= 15 is 0 Å². The van der Waals surface area contributed by atoms with Crippen molar-refractivity contribution in [1.82, 2.24) is 0 Å². The van der Waals surface area contributed by atoms with Gasteiger partial charge in [0.1, 0.15) is 5.78 Å². The number of alkyl halides is 1. The average Bonchev–Trinajstić information content (AvgIpc) is 1.98. The summed E-state index contributed by atoms with van der Waals surface area (Å²) in [6, 6.07) is 0. The van der Waals surface area contributed by atoms with Crippen molar-refractivity contribution in [3.05, 3.63) is 0 Å². The summed E-state index contributed by atoms with van der Waals surface area (Å²) < 4.78 is 0. The van der Waals surface area contributed by atoms with E-state index in [0.29, 0.717) is 11.7 Å². The molecule has 0 saturated heterocycles. The van der Waals surface area contributed by atoms with E-state index in [9.17, 15) is 4.79 Å². The number of rotatable bonds is 0. The molecule has 2 atom stereocenters. The molecule has 1 saturated carbocycles. The summed E-state index contributed by atoms with van der Waals surface area (Å²) in [6.45, 7) is 1.99. The van der Waals surface area contributed by atoms with Crippen LogP contribution in [0.25, 0.3) is 0 Å². The van der Waals surface area contributed by atoms with E-state index in [2.05, 4.69) is 15.9 Å². The molecule has 0 amide bonds. The molecule has 1 aliphatic rings. The van der Waals surface area contributed by atoms with Crippen LogP contribution in [0.5, 0.6) is 0 Å². The Morgan fingerprint density at radius 3 is 2.38 bits per heavy atom.